The molecular weight excluding hydrogens is 345 g/mol. The van der Waals surface area contributed by atoms with Gasteiger partial charge in [0.15, 0.2) is 11.6 Å². The van der Waals surface area contributed by atoms with Crippen LogP contribution in [0.2, 0.25) is 0 Å². The monoisotopic (exact) mass is 371 g/mol. The Balaban J connectivity index is 1.24. The van der Waals surface area contributed by atoms with E-state index in [4.69, 9.17) is 9.47 Å². The Hall–Kier alpha value is -2.27. The molecule has 5 heteroatoms. The number of benzene rings is 2. The van der Waals surface area contributed by atoms with Gasteiger partial charge >= 0.3 is 0 Å². The number of hydrogen-bond donors (Lipinski definition) is 1. The second kappa shape index (κ2) is 7.77. The van der Waals surface area contributed by atoms with Gasteiger partial charge in [-0.2, -0.15) is 0 Å². The van der Waals surface area contributed by atoms with E-state index in [9.17, 15) is 9.50 Å². The Morgan fingerprint density at radius 3 is 2.33 bits per heavy atom. The fraction of sp³-hybridized carbons (Fsp3) is 0.455. The number of phenolic OH excluding ortho intramolecular Hbond substituents is 1. The summed E-state index contributed by atoms with van der Waals surface area (Å²) in [6.07, 6.45) is 3.30. The topological polar surface area (TPSA) is 41.9 Å². The van der Waals surface area contributed by atoms with E-state index < -0.39 is 5.82 Å². The zero-order valence-electron chi connectivity index (χ0n) is 15.6. The van der Waals surface area contributed by atoms with Crippen molar-refractivity contribution in [2.45, 2.75) is 25.4 Å². The van der Waals surface area contributed by atoms with Gasteiger partial charge in [-0.15, -0.1) is 0 Å². The van der Waals surface area contributed by atoms with Gasteiger partial charge in [0.25, 0.3) is 0 Å². The first-order valence-electron chi connectivity index (χ1n) is 9.61. The number of ether oxygens (including phenoxy) is 2. The summed E-state index contributed by atoms with van der Waals surface area (Å²) < 4.78 is 24.8. The van der Waals surface area contributed by atoms with Crippen LogP contribution in [-0.4, -0.2) is 42.9 Å². The van der Waals surface area contributed by atoms with Gasteiger partial charge in [-0.05, 0) is 73.1 Å². The van der Waals surface area contributed by atoms with Gasteiger partial charge in [0.05, 0.1) is 13.2 Å². The van der Waals surface area contributed by atoms with Crippen LogP contribution in [0.15, 0.2) is 42.5 Å². The van der Waals surface area contributed by atoms with E-state index in [2.05, 4.69) is 4.90 Å². The van der Waals surface area contributed by atoms with Crippen molar-refractivity contribution in [2.75, 3.05) is 26.7 Å². The lowest BCUT2D eigenvalue weighted by molar-refractivity contribution is 0.186. The molecule has 2 aromatic carbocycles. The summed E-state index contributed by atoms with van der Waals surface area (Å²) in [5.74, 6) is 2.30. The van der Waals surface area contributed by atoms with Crippen molar-refractivity contribution in [3.8, 4) is 17.2 Å². The van der Waals surface area contributed by atoms with E-state index in [0.29, 0.717) is 17.9 Å². The molecule has 2 fully saturated rings. The smallest absolute Gasteiger partial charge is 0.165 e. The van der Waals surface area contributed by atoms with Gasteiger partial charge in [-0.25, -0.2) is 4.39 Å². The second-order valence-corrected chi connectivity index (χ2v) is 7.70. The van der Waals surface area contributed by atoms with Crippen molar-refractivity contribution < 1.29 is 19.0 Å². The molecule has 0 amide bonds. The molecular formula is C22H26FNO3. The van der Waals surface area contributed by atoms with Gasteiger partial charge in [0.2, 0.25) is 0 Å². The summed E-state index contributed by atoms with van der Waals surface area (Å²) in [5, 5.41) is 9.29. The van der Waals surface area contributed by atoms with E-state index in [0.717, 1.165) is 56.0 Å². The normalized spacial score (nSPS) is 24.7. The number of aromatic hydroxyl groups is 1. The number of methoxy groups -OCH3 is 1. The molecule has 0 spiro atoms. The molecule has 144 valence electrons. The minimum Gasteiger partial charge on any atom is -0.505 e. The first-order chi connectivity index (χ1) is 13.1. The Labute approximate surface area is 159 Å². The highest BCUT2D eigenvalue weighted by Gasteiger charge is 2.41. The van der Waals surface area contributed by atoms with Crippen molar-refractivity contribution in [1.82, 2.24) is 4.90 Å². The van der Waals surface area contributed by atoms with Gasteiger partial charge in [-0.3, -0.25) is 0 Å². The second-order valence-electron chi connectivity index (χ2n) is 7.70. The number of nitrogens with zero attached hydrogens (tertiary/aromatic N) is 1. The minimum absolute atomic E-state index is 0.280. The first kappa shape index (κ1) is 18.1. The van der Waals surface area contributed by atoms with Crippen molar-refractivity contribution in [3.63, 3.8) is 0 Å². The average molecular weight is 371 g/mol. The molecule has 0 aromatic heterocycles. The lowest BCUT2D eigenvalue weighted by Crippen LogP contribution is -2.26. The zero-order chi connectivity index (χ0) is 18.8. The van der Waals surface area contributed by atoms with E-state index in [1.807, 2.05) is 24.3 Å². The van der Waals surface area contributed by atoms with Gasteiger partial charge in [0.1, 0.15) is 11.5 Å². The quantitative estimate of drug-likeness (QED) is 0.837. The van der Waals surface area contributed by atoms with Crippen LogP contribution in [0.1, 0.15) is 18.4 Å². The van der Waals surface area contributed by atoms with E-state index in [1.54, 1.807) is 13.2 Å². The Bertz CT molecular complexity index is 766. The SMILES string of the molecule is COc1ccc(OC2C[C@@H]3CN(CCc4ccc(O)c(F)c4)C[C@@H]3C2)cc1. The van der Waals surface area contributed by atoms with Gasteiger partial charge < -0.3 is 19.5 Å². The molecule has 1 unspecified atom stereocenters. The van der Waals surface area contributed by atoms with Crippen LogP contribution in [0.3, 0.4) is 0 Å². The average Bonchev–Trinajstić information content (AvgIpc) is 3.21. The number of hydrogen-bond acceptors (Lipinski definition) is 4. The highest BCUT2D eigenvalue weighted by molar-refractivity contribution is 5.31. The van der Waals surface area contributed by atoms with Crippen molar-refractivity contribution in [1.29, 1.82) is 0 Å². The number of phenols is 1. The summed E-state index contributed by atoms with van der Waals surface area (Å²) >= 11 is 0. The van der Waals surface area contributed by atoms with Crippen LogP contribution in [0.5, 0.6) is 17.2 Å². The fourth-order valence-electron chi connectivity index (χ4n) is 4.46. The third-order valence-electron chi connectivity index (χ3n) is 5.87. The molecule has 1 saturated heterocycles. The molecule has 1 aliphatic heterocycles. The molecule has 4 rings (SSSR count). The fourth-order valence-corrected chi connectivity index (χ4v) is 4.46. The maximum atomic E-state index is 13.4. The Kier molecular flexibility index (Phi) is 5.21. The number of fused-ring (bicyclic) bond motifs is 1. The third-order valence-corrected chi connectivity index (χ3v) is 5.87. The van der Waals surface area contributed by atoms with Gasteiger partial charge in [0, 0.05) is 19.6 Å². The summed E-state index contributed by atoms with van der Waals surface area (Å²) in [5.41, 5.74) is 0.933. The molecule has 2 aliphatic rings. The lowest BCUT2D eigenvalue weighted by Gasteiger charge is -2.20. The predicted octanol–water partition coefficient (Wildman–Crippen LogP) is 3.87. The van der Waals surface area contributed by atoms with Crippen molar-refractivity contribution in [2.24, 2.45) is 11.8 Å². The first-order valence-corrected chi connectivity index (χ1v) is 9.61. The summed E-state index contributed by atoms with van der Waals surface area (Å²) in [6, 6.07) is 12.5. The van der Waals surface area contributed by atoms with Crippen LogP contribution < -0.4 is 9.47 Å². The molecule has 0 bridgehead atoms. The molecule has 3 atom stereocenters. The number of rotatable bonds is 6. The van der Waals surface area contributed by atoms with Crippen LogP contribution in [0.4, 0.5) is 4.39 Å². The molecule has 2 aromatic rings. The number of likely N-dealkylation sites (tertiary alicyclic amines) is 1. The van der Waals surface area contributed by atoms with Crippen LogP contribution in [0.25, 0.3) is 0 Å². The molecule has 1 saturated carbocycles. The highest BCUT2D eigenvalue weighted by Crippen LogP contribution is 2.40. The highest BCUT2D eigenvalue weighted by atomic mass is 19.1. The van der Waals surface area contributed by atoms with Crippen molar-refractivity contribution >= 4 is 0 Å². The lowest BCUT2D eigenvalue weighted by atomic mass is 10.0. The maximum absolute atomic E-state index is 13.4. The zero-order valence-corrected chi connectivity index (χ0v) is 15.6. The summed E-state index contributed by atoms with van der Waals surface area (Å²) in [6.45, 7) is 3.11. The largest absolute Gasteiger partial charge is 0.505 e. The predicted molar refractivity (Wildman–Crippen MR) is 102 cm³/mol. The minimum atomic E-state index is -0.538. The summed E-state index contributed by atoms with van der Waals surface area (Å²) in [7, 11) is 1.66. The van der Waals surface area contributed by atoms with Crippen LogP contribution in [0, 0.1) is 17.7 Å². The maximum Gasteiger partial charge on any atom is 0.165 e. The number of halogens is 1. The Morgan fingerprint density at radius 2 is 1.70 bits per heavy atom. The molecule has 1 N–H and O–H groups in total. The molecule has 1 aliphatic carbocycles. The van der Waals surface area contributed by atoms with Gasteiger partial charge in [-0.1, -0.05) is 6.07 Å². The van der Waals surface area contributed by atoms with E-state index in [-0.39, 0.29) is 5.75 Å². The van der Waals surface area contributed by atoms with Crippen LogP contribution >= 0.6 is 0 Å². The molecule has 4 nitrogen and oxygen atoms in total. The molecule has 1 heterocycles. The van der Waals surface area contributed by atoms with E-state index >= 15 is 0 Å². The van der Waals surface area contributed by atoms with Crippen molar-refractivity contribution in [3.05, 3.63) is 53.8 Å². The standard InChI is InChI=1S/C22H26FNO3/c1-26-18-3-5-19(6-4-18)27-20-11-16-13-24(14-17(16)12-20)9-8-15-2-7-22(25)21(23)10-15/h2-7,10,16-17,20,25H,8-9,11-14H2,1H3/t16-,17+,20?. The van der Waals surface area contributed by atoms with Crippen LogP contribution in [-0.2, 0) is 6.42 Å². The Morgan fingerprint density at radius 1 is 1.04 bits per heavy atom. The van der Waals surface area contributed by atoms with E-state index in [1.165, 1.54) is 12.1 Å². The molecule has 27 heavy (non-hydrogen) atoms. The molecule has 0 radical (unpaired) electrons. The summed E-state index contributed by atoms with van der Waals surface area (Å²) in [4.78, 5) is 2.48. The third kappa shape index (κ3) is 4.19.